The van der Waals surface area contributed by atoms with E-state index in [1.165, 1.54) is 12.8 Å². The van der Waals surface area contributed by atoms with Gasteiger partial charge in [0.15, 0.2) is 5.82 Å². The first-order valence-electron chi connectivity index (χ1n) is 9.26. The molecule has 1 saturated carbocycles. The van der Waals surface area contributed by atoms with Gasteiger partial charge in [-0.15, -0.1) is 0 Å². The molecule has 3 atom stereocenters. The fourth-order valence-electron chi connectivity index (χ4n) is 3.61. The minimum atomic E-state index is -0.669. The largest absolute Gasteiger partial charge is 0.385 e. The van der Waals surface area contributed by atoms with Crippen molar-refractivity contribution in [3.05, 3.63) is 30.2 Å². The Bertz CT molecular complexity index is 768. The van der Waals surface area contributed by atoms with E-state index in [0.717, 1.165) is 30.7 Å². The van der Waals surface area contributed by atoms with Crippen LogP contribution in [0.4, 0.5) is 11.8 Å². The van der Waals surface area contributed by atoms with Gasteiger partial charge in [0.2, 0.25) is 5.95 Å². The number of nitrogens with zero attached hydrogens (tertiary/aromatic N) is 7. The van der Waals surface area contributed by atoms with Gasteiger partial charge in [0, 0.05) is 37.3 Å². The minimum absolute atomic E-state index is 0.234. The summed E-state index contributed by atoms with van der Waals surface area (Å²) in [7, 11) is 0. The van der Waals surface area contributed by atoms with E-state index in [1.807, 2.05) is 6.07 Å². The van der Waals surface area contributed by atoms with E-state index in [9.17, 15) is 5.11 Å². The Labute approximate surface area is 153 Å². The fourth-order valence-corrected chi connectivity index (χ4v) is 3.61. The summed E-state index contributed by atoms with van der Waals surface area (Å²) in [6.45, 7) is 7.66. The third-order valence-electron chi connectivity index (χ3n) is 5.03. The van der Waals surface area contributed by atoms with E-state index >= 15 is 0 Å². The van der Waals surface area contributed by atoms with Crippen LogP contribution >= 0.6 is 0 Å². The Morgan fingerprint density at radius 1 is 1.08 bits per heavy atom. The van der Waals surface area contributed by atoms with Crippen LogP contribution in [0.5, 0.6) is 0 Å². The van der Waals surface area contributed by atoms with Crippen LogP contribution < -0.4 is 9.80 Å². The second kappa shape index (κ2) is 6.75. The summed E-state index contributed by atoms with van der Waals surface area (Å²) in [5.41, 5.74) is 0. The van der Waals surface area contributed by atoms with Crippen molar-refractivity contribution in [1.29, 1.82) is 0 Å². The number of aliphatic hydroxyl groups is 1. The molecule has 2 aliphatic rings. The second-order valence-electron chi connectivity index (χ2n) is 7.38. The van der Waals surface area contributed by atoms with Crippen LogP contribution in [0.15, 0.2) is 18.6 Å². The van der Waals surface area contributed by atoms with Crippen LogP contribution in [-0.4, -0.2) is 55.2 Å². The SMILES string of the molecule is CC1CN(c2ccnc([C@@H](C)O)n2)C[C@@H](C)N1c1ncnc(C2CC2)n1. The lowest BCUT2D eigenvalue weighted by Crippen LogP contribution is -2.58. The van der Waals surface area contributed by atoms with Gasteiger partial charge in [0.05, 0.1) is 0 Å². The Morgan fingerprint density at radius 3 is 2.46 bits per heavy atom. The smallest absolute Gasteiger partial charge is 0.229 e. The number of hydrogen-bond acceptors (Lipinski definition) is 8. The third-order valence-corrected chi connectivity index (χ3v) is 5.03. The first-order valence-corrected chi connectivity index (χ1v) is 9.26. The summed E-state index contributed by atoms with van der Waals surface area (Å²) in [5, 5.41) is 9.74. The summed E-state index contributed by atoms with van der Waals surface area (Å²) < 4.78 is 0. The molecule has 4 rings (SSSR count). The fraction of sp³-hybridized carbons (Fsp3) is 0.611. The van der Waals surface area contributed by atoms with Gasteiger partial charge in [-0.05, 0) is 39.7 Å². The van der Waals surface area contributed by atoms with Gasteiger partial charge < -0.3 is 14.9 Å². The Kier molecular flexibility index (Phi) is 4.44. The molecule has 0 bridgehead atoms. The minimum Gasteiger partial charge on any atom is -0.385 e. The topological polar surface area (TPSA) is 91.2 Å². The number of piperazine rings is 1. The highest BCUT2D eigenvalue weighted by molar-refractivity contribution is 5.44. The van der Waals surface area contributed by atoms with Crippen molar-refractivity contribution in [2.75, 3.05) is 22.9 Å². The van der Waals surface area contributed by atoms with Crippen LogP contribution in [0.1, 0.15) is 57.3 Å². The lowest BCUT2D eigenvalue weighted by atomic mass is 10.1. The Morgan fingerprint density at radius 2 is 1.81 bits per heavy atom. The molecular formula is C18H25N7O. The maximum absolute atomic E-state index is 9.74. The van der Waals surface area contributed by atoms with Crippen LogP contribution in [0.3, 0.4) is 0 Å². The molecule has 1 unspecified atom stereocenters. The van der Waals surface area contributed by atoms with Crippen molar-refractivity contribution in [3.63, 3.8) is 0 Å². The molecule has 2 fully saturated rings. The average Bonchev–Trinajstić information content (AvgIpc) is 3.46. The monoisotopic (exact) mass is 355 g/mol. The van der Waals surface area contributed by atoms with E-state index in [0.29, 0.717) is 11.7 Å². The highest BCUT2D eigenvalue weighted by Crippen LogP contribution is 2.38. The number of hydrogen-bond donors (Lipinski definition) is 1. The van der Waals surface area contributed by atoms with Crippen molar-refractivity contribution >= 4 is 11.8 Å². The van der Waals surface area contributed by atoms with Gasteiger partial charge in [0.1, 0.15) is 24.1 Å². The molecule has 0 spiro atoms. The second-order valence-corrected chi connectivity index (χ2v) is 7.38. The van der Waals surface area contributed by atoms with E-state index in [2.05, 4.69) is 43.6 Å². The quantitative estimate of drug-likeness (QED) is 0.886. The molecule has 0 radical (unpaired) electrons. The molecule has 8 nitrogen and oxygen atoms in total. The van der Waals surface area contributed by atoms with E-state index in [-0.39, 0.29) is 12.1 Å². The van der Waals surface area contributed by atoms with Gasteiger partial charge in [-0.2, -0.15) is 4.98 Å². The predicted octanol–water partition coefficient (Wildman–Crippen LogP) is 1.70. The number of rotatable bonds is 4. The van der Waals surface area contributed by atoms with E-state index < -0.39 is 6.10 Å². The first kappa shape index (κ1) is 17.1. The summed E-state index contributed by atoms with van der Waals surface area (Å²) in [4.78, 5) is 26.7. The maximum Gasteiger partial charge on any atom is 0.229 e. The maximum atomic E-state index is 9.74. The van der Waals surface area contributed by atoms with Gasteiger partial charge >= 0.3 is 0 Å². The molecule has 138 valence electrons. The van der Waals surface area contributed by atoms with Crippen molar-refractivity contribution in [1.82, 2.24) is 24.9 Å². The molecule has 1 N–H and O–H groups in total. The molecule has 2 aromatic rings. The van der Waals surface area contributed by atoms with Crippen molar-refractivity contribution < 1.29 is 5.11 Å². The number of aromatic nitrogens is 5. The zero-order valence-corrected chi connectivity index (χ0v) is 15.4. The van der Waals surface area contributed by atoms with Crippen LogP contribution in [0.25, 0.3) is 0 Å². The molecule has 0 aromatic carbocycles. The molecule has 1 aliphatic carbocycles. The normalized spacial score (nSPS) is 24.6. The molecule has 8 heteroatoms. The zero-order valence-electron chi connectivity index (χ0n) is 15.4. The Hall–Kier alpha value is -2.35. The lowest BCUT2D eigenvalue weighted by molar-refractivity contribution is 0.189. The van der Waals surface area contributed by atoms with E-state index in [4.69, 9.17) is 4.98 Å². The zero-order chi connectivity index (χ0) is 18.3. The van der Waals surface area contributed by atoms with Crippen LogP contribution in [0.2, 0.25) is 0 Å². The van der Waals surface area contributed by atoms with Crippen LogP contribution in [0, 0.1) is 0 Å². The molecule has 0 amide bonds. The summed E-state index contributed by atoms with van der Waals surface area (Å²) in [5.74, 6) is 3.52. The summed E-state index contributed by atoms with van der Waals surface area (Å²) in [6.07, 6.45) is 5.04. The van der Waals surface area contributed by atoms with Crippen molar-refractivity contribution in [2.45, 2.75) is 57.7 Å². The first-order chi connectivity index (χ1) is 12.5. The average molecular weight is 355 g/mol. The van der Waals surface area contributed by atoms with Crippen LogP contribution in [-0.2, 0) is 0 Å². The summed E-state index contributed by atoms with van der Waals surface area (Å²) in [6, 6.07) is 2.37. The highest BCUT2D eigenvalue weighted by Gasteiger charge is 2.33. The number of aliphatic hydroxyl groups excluding tert-OH is 1. The molecule has 26 heavy (non-hydrogen) atoms. The van der Waals surface area contributed by atoms with Gasteiger partial charge in [-0.3, -0.25) is 0 Å². The molecule has 1 aliphatic heterocycles. The third kappa shape index (κ3) is 3.33. The predicted molar refractivity (Wildman–Crippen MR) is 98.1 cm³/mol. The van der Waals surface area contributed by atoms with Gasteiger partial charge in [-0.1, -0.05) is 0 Å². The Balaban J connectivity index is 1.54. The van der Waals surface area contributed by atoms with Crippen molar-refractivity contribution in [3.8, 4) is 0 Å². The molecule has 1 saturated heterocycles. The molecule has 3 heterocycles. The lowest BCUT2D eigenvalue weighted by Gasteiger charge is -2.44. The van der Waals surface area contributed by atoms with Crippen molar-refractivity contribution in [2.24, 2.45) is 0 Å². The number of anilines is 2. The van der Waals surface area contributed by atoms with Gasteiger partial charge in [-0.25, -0.2) is 19.9 Å². The highest BCUT2D eigenvalue weighted by atomic mass is 16.3. The molecular weight excluding hydrogens is 330 g/mol. The standard InChI is InChI=1S/C18H25N7O/c1-11-8-24(15-6-7-19-16(22-15)13(3)26)9-12(2)25(11)18-21-10-20-17(23-18)14-4-5-14/h6-7,10-14,26H,4-5,8-9H2,1-3H3/t11-,12?,13-/m1/s1. The molecule has 2 aromatic heterocycles. The van der Waals surface area contributed by atoms with Gasteiger partial charge in [0.25, 0.3) is 0 Å². The summed E-state index contributed by atoms with van der Waals surface area (Å²) >= 11 is 0. The van der Waals surface area contributed by atoms with E-state index in [1.54, 1.807) is 19.4 Å².